The van der Waals surface area contributed by atoms with E-state index >= 15 is 0 Å². The Hall–Kier alpha value is -0.680. The molecule has 1 fully saturated rings. The summed E-state index contributed by atoms with van der Waals surface area (Å²) < 4.78 is 0.835. The molecule has 17 heavy (non-hydrogen) atoms. The van der Waals surface area contributed by atoms with Gasteiger partial charge in [0.05, 0.1) is 0 Å². The maximum atomic E-state index is 4.35. The van der Waals surface area contributed by atoms with Crippen molar-refractivity contribution in [1.82, 2.24) is 14.9 Å². The highest BCUT2D eigenvalue weighted by Gasteiger charge is 2.27. The fraction of sp³-hybridized carbons (Fsp3) is 0.667. The van der Waals surface area contributed by atoms with E-state index in [-0.39, 0.29) is 0 Å². The van der Waals surface area contributed by atoms with E-state index in [2.05, 4.69) is 43.0 Å². The van der Waals surface area contributed by atoms with E-state index in [0.29, 0.717) is 0 Å². The largest absolute Gasteiger partial charge is 0.369 e. The second-order valence-electron chi connectivity index (χ2n) is 4.41. The van der Waals surface area contributed by atoms with Crippen molar-refractivity contribution in [2.24, 2.45) is 0 Å². The Bertz CT molecular complexity index is 359. The van der Waals surface area contributed by atoms with Crippen LogP contribution < -0.4 is 5.32 Å². The molecule has 0 saturated heterocycles. The SMILES string of the molecule is CCN(CCNc1cc(Br)nc(C)n1)C1CC1. The highest BCUT2D eigenvalue weighted by Crippen LogP contribution is 2.25. The Morgan fingerprint density at radius 3 is 2.82 bits per heavy atom. The zero-order valence-corrected chi connectivity index (χ0v) is 12.0. The first-order valence-corrected chi connectivity index (χ1v) is 6.97. The topological polar surface area (TPSA) is 41.0 Å². The van der Waals surface area contributed by atoms with Gasteiger partial charge in [0.25, 0.3) is 0 Å². The third-order valence-electron chi connectivity index (χ3n) is 2.98. The number of likely N-dealkylation sites (N-methyl/N-ethyl adjacent to an activating group) is 1. The summed E-state index contributed by atoms with van der Waals surface area (Å²) in [6.45, 7) is 7.29. The van der Waals surface area contributed by atoms with Crippen molar-refractivity contribution in [3.8, 4) is 0 Å². The van der Waals surface area contributed by atoms with Crippen molar-refractivity contribution in [3.63, 3.8) is 0 Å². The van der Waals surface area contributed by atoms with Gasteiger partial charge in [-0.2, -0.15) is 0 Å². The summed E-state index contributed by atoms with van der Waals surface area (Å²) >= 11 is 3.38. The van der Waals surface area contributed by atoms with Gasteiger partial charge in [0.2, 0.25) is 0 Å². The first-order chi connectivity index (χ1) is 8.19. The van der Waals surface area contributed by atoms with Gasteiger partial charge in [-0.1, -0.05) is 6.92 Å². The number of aromatic nitrogens is 2. The van der Waals surface area contributed by atoms with E-state index in [1.807, 2.05) is 13.0 Å². The van der Waals surface area contributed by atoms with Gasteiger partial charge in [-0.15, -0.1) is 0 Å². The Labute approximate surface area is 111 Å². The molecule has 0 spiro atoms. The summed E-state index contributed by atoms with van der Waals surface area (Å²) in [5.41, 5.74) is 0. The van der Waals surface area contributed by atoms with Crippen LogP contribution in [0.1, 0.15) is 25.6 Å². The number of nitrogens with zero attached hydrogens (tertiary/aromatic N) is 3. The molecule has 1 aromatic rings. The van der Waals surface area contributed by atoms with Crippen LogP contribution in [0.4, 0.5) is 5.82 Å². The average Bonchev–Trinajstić information content (AvgIpc) is 3.07. The van der Waals surface area contributed by atoms with Gasteiger partial charge >= 0.3 is 0 Å². The summed E-state index contributed by atoms with van der Waals surface area (Å²) in [4.78, 5) is 11.1. The zero-order chi connectivity index (χ0) is 12.3. The second kappa shape index (κ2) is 5.78. The molecule has 5 heteroatoms. The molecule has 1 aliphatic carbocycles. The minimum Gasteiger partial charge on any atom is -0.369 e. The summed E-state index contributed by atoms with van der Waals surface area (Å²) in [5, 5.41) is 3.35. The number of hydrogen-bond donors (Lipinski definition) is 1. The zero-order valence-electron chi connectivity index (χ0n) is 10.4. The third-order valence-corrected chi connectivity index (χ3v) is 3.39. The molecular formula is C12H19BrN4. The van der Waals surface area contributed by atoms with Crippen LogP contribution in [-0.2, 0) is 0 Å². The van der Waals surface area contributed by atoms with Gasteiger partial charge < -0.3 is 5.32 Å². The lowest BCUT2D eigenvalue weighted by Crippen LogP contribution is -2.31. The van der Waals surface area contributed by atoms with E-state index in [4.69, 9.17) is 0 Å². The van der Waals surface area contributed by atoms with E-state index in [0.717, 1.165) is 41.9 Å². The van der Waals surface area contributed by atoms with Crippen LogP contribution in [0, 0.1) is 6.92 Å². The number of hydrogen-bond acceptors (Lipinski definition) is 4. The smallest absolute Gasteiger partial charge is 0.130 e. The molecule has 0 bridgehead atoms. The maximum Gasteiger partial charge on any atom is 0.130 e. The molecular weight excluding hydrogens is 280 g/mol. The van der Waals surface area contributed by atoms with Crippen molar-refractivity contribution in [2.75, 3.05) is 25.0 Å². The second-order valence-corrected chi connectivity index (χ2v) is 5.22. The minimum atomic E-state index is 0.788. The van der Waals surface area contributed by atoms with E-state index in [1.165, 1.54) is 12.8 Å². The molecule has 1 aliphatic rings. The normalized spacial score (nSPS) is 15.3. The van der Waals surface area contributed by atoms with Crippen LogP contribution in [0.2, 0.25) is 0 Å². The van der Waals surface area contributed by atoms with Gasteiger partial charge in [0.15, 0.2) is 0 Å². The third kappa shape index (κ3) is 3.92. The quantitative estimate of drug-likeness (QED) is 0.819. The van der Waals surface area contributed by atoms with E-state index < -0.39 is 0 Å². The van der Waals surface area contributed by atoms with Crippen LogP contribution in [0.15, 0.2) is 10.7 Å². The highest BCUT2D eigenvalue weighted by molar-refractivity contribution is 9.10. The standard InChI is InChI=1S/C12H19BrN4/c1-3-17(10-4-5-10)7-6-14-12-8-11(13)15-9(2)16-12/h8,10H,3-7H2,1-2H3,(H,14,15,16). The van der Waals surface area contributed by atoms with Gasteiger partial charge in [-0.25, -0.2) is 9.97 Å². The monoisotopic (exact) mass is 298 g/mol. The molecule has 0 amide bonds. The van der Waals surface area contributed by atoms with Gasteiger partial charge in [-0.3, -0.25) is 4.90 Å². The molecule has 0 radical (unpaired) electrons. The average molecular weight is 299 g/mol. The Balaban J connectivity index is 1.80. The summed E-state index contributed by atoms with van der Waals surface area (Å²) in [6, 6.07) is 2.75. The molecule has 2 rings (SSSR count). The van der Waals surface area contributed by atoms with Crippen molar-refractivity contribution < 1.29 is 0 Å². The molecule has 1 N–H and O–H groups in total. The molecule has 0 aliphatic heterocycles. The van der Waals surface area contributed by atoms with Crippen molar-refractivity contribution in [1.29, 1.82) is 0 Å². The van der Waals surface area contributed by atoms with Crippen molar-refractivity contribution in [2.45, 2.75) is 32.7 Å². The van der Waals surface area contributed by atoms with E-state index in [1.54, 1.807) is 0 Å². The predicted octanol–water partition coefficient (Wildman–Crippen LogP) is 2.44. The fourth-order valence-corrected chi connectivity index (χ4v) is 2.46. The number of nitrogens with one attached hydrogen (secondary N) is 1. The van der Waals surface area contributed by atoms with Crippen LogP contribution in [-0.4, -0.2) is 40.5 Å². The number of halogens is 1. The molecule has 0 unspecified atom stereocenters. The minimum absolute atomic E-state index is 0.788. The van der Waals surface area contributed by atoms with Gasteiger partial charge in [-0.05, 0) is 42.2 Å². The molecule has 0 atom stereocenters. The Kier molecular flexibility index (Phi) is 4.34. The number of rotatable bonds is 6. The van der Waals surface area contributed by atoms with Crippen molar-refractivity contribution >= 4 is 21.7 Å². The molecule has 0 aromatic carbocycles. The van der Waals surface area contributed by atoms with Crippen LogP contribution in [0.25, 0.3) is 0 Å². The fourth-order valence-electron chi connectivity index (χ4n) is 1.99. The number of aryl methyl sites for hydroxylation is 1. The first-order valence-electron chi connectivity index (χ1n) is 6.18. The molecule has 1 saturated carbocycles. The van der Waals surface area contributed by atoms with Gasteiger partial charge in [0.1, 0.15) is 16.2 Å². The molecule has 94 valence electrons. The lowest BCUT2D eigenvalue weighted by atomic mass is 10.4. The summed E-state index contributed by atoms with van der Waals surface area (Å²) in [6.07, 6.45) is 2.73. The predicted molar refractivity (Wildman–Crippen MR) is 73.2 cm³/mol. The molecule has 4 nitrogen and oxygen atoms in total. The van der Waals surface area contributed by atoms with E-state index in [9.17, 15) is 0 Å². The number of anilines is 1. The lowest BCUT2D eigenvalue weighted by molar-refractivity contribution is 0.289. The van der Waals surface area contributed by atoms with Crippen LogP contribution in [0.5, 0.6) is 0 Å². The van der Waals surface area contributed by atoms with Gasteiger partial charge in [0, 0.05) is 25.2 Å². The molecule has 1 aromatic heterocycles. The van der Waals surface area contributed by atoms with Crippen LogP contribution in [0.3, 0.4) is 0 Å². The first kappa shape index (κ1) is 12.8. The van der Waals surface area contributed by atoms with Crippen LogP contribution >= 0.6 is 15.9 Å². The summed E-state index contributed by atoms with van der Waals surface area (Å²) in [7, 11) is 0. The highest BCUT2D eigenvalue weighted by atomic mass is 79.9. The maximum absolute atomic E-state index is 4.35. The Morgan fingerprint density at radius 1 is 1.47 bits per heavy atom. The molecule has 1 heterocycles. The Morgan fingerprint density at radius 2 is 2.24 bits per heavy atom. The van der Waals surface area contributed by atoms with Crippen molar-refractivity contribution in [3.05, 3.63) is 16.5 Å². The lowest BCUT2D eigenvalue weighted by Gasteiger charge is -2.19. The summed E-state index contributed by atoms with van der Waals surface area (Å²) in [5.74, 6) is 1.69.